The third-order valence-electron chi connectivity index (χ3n) is 3.86. The fourth-order valence-electron chi connectivity index (χ4n) is 2.01. The van der Waals surface area contributed by atoms with Gasteiger partial charge in [0.1, 0.15) is 18.8 Å². The van der Waals surface area contributed by atoms with Gasteiger partial charge in [0.25, 0.3) is 0 Å². The first-order valence-electron chi connectivity index (χ1n) is 7.41. The summed E-state index contributed by atoms with van der Waals surface area (Å²) in [5, 5.41) is 15.4. The van der Waals surface area contributed by atoms with Crippen LogP contribution in [-0.4, -0.2) is 31.2 Å². The van der Waals surface area contributed by atoms with Gasteiger partial charge in [0, 0.05) is 12.1 Å². The Labute approximate surface area is 140 Å². The van der Waals surface area contributed by atoms with E-state index in [-0.39, 0.29) is 18.4 Å². The van der Waals surface area contributed by atoms with Gasteiger partial charge >= 0.3 is 0 Å². The van der Waals surface area contributed by atoms with Crippen LogP contribution in [0.15, 0.2) is 12.1 Å². The Morgan fingerprint density at radius 1 is 1.39 bits per heavy atom. The molecule has 1 aromatic carbocycles. The molecule has 6 nitrogen and oxygen atoms in total. The SMILES string of the molecule is CC(C)[C@](C)(C#N)NC(=O)CNc1cc2c(cc1Cl)OCCO2. The van der Waals surface area contributed by atoms with E-state index in [0.29, 0.717) is 35.4 Å². The van der Waals surface area contributed by atoms with Crippen molar-refractivity contribution in [1.82, 2.24) is 5.32 Å². The Bertz CT molecular complexity index is 642. The first-order chi connectivity index (χ1) is 10.9. The van der Waals surface area contributed by atoms with Crippen molar-refractivity contribution in [2.75, 3.05) is 25.1 Å². The van der Waals surface area contributed by atoms with Crippen LogP contribution >= 0.6 is 11.6 Å². The number of hydrogen-bond donors (Lipinski definition) is 2. The molecule has 1 atom stereocenters. The number of anilines is 1. The summed E-state index contributed by atoms with van der Waals surface area (Å²) in [7, 11) is 0. The number of rotatable bonds is 5. The monoisotopic (exact) mass is 337 g/mol. The maximum absolute atomic E-state index is 12.1. The summed E-state index contributed by atoms with van der Waals surface area (Å²) >= 11 is 6.17. The molecule has 0 unspecified atom stereocenters. The van der Waals surface area contributed by atoms with Gasteiger partial charge in [0.15, 0.2) is 11.5 Å². The molecule has 0 spiro atoms. The van der Waals surface area contributed by atoms with Gasteiger partial charge in [-0.05, 0) is 12.8 Å². The van der Waals surface area contributed by atoms with Crippen LogP contribution in [0.5, 0.6) is 11.5 Å². The molecule has 23 heavy (non-hydrogen) atoms. The van der Waals surface area contributed by atoms with E-state index >= 15 is 0 Å². The predicted octanol–water partition coefficient (Wildman–Crippen LogP) is 2.58. The maximum Gasteiger partial charge on any atom is 0.240 e. The highest BCUT2D eigenvalue weighted by atomic mass is 35.5. The molecule has 0 aromatic heterocycles. The van der Waals surface area contributed by atoms with Crippen molar-refractivity contribution in [1.29, 1.82) is 5.26 Å². The van der Waals surface area contributed by atoms with E-state index in [4.69, 9.17) is 21.1 Å². The summed E-state index contributed by atoms with van der Waals surface area (Å²) in [6, 6.07) is 5.50. The first kappa shape index (κ1) is 17.2. The van der Waals surface area contributed by atoms with E-state index in [1.165, 1.54) is 0 Å². The number of nitriles is 1. The summed E-state index contributed by atoms with van der Waals surface area (Å²) in [6.07, 6.45) is 0. The zero-order chi connectivity index (χ0) is 17.0. The van der Waals surface area contributed by atoms with Crippen LogP contribution in [-0.2, 0) is 4.79 Å². The molecule has 0 fully saturated rings. The molecule has 0 aliphatic carbocycles. The van der Waals surface area contributed by atoms with Gasteiger partial charge in [-0.1, -0.05) is 25.4 Å². The van der Waals surface area contributed by atoms with Gasteiger partial charge in [0.05, 0.1) is 23.3 Å². The summed E-state index contributed by atoms with van der Waals surface area (Å²) < 4.78 is 10.9. The number of amides is 1. The minimum atomic E-state index is -0.907. The molecular formula is C16H20ClN3O3. The Morgan fingerprint density at radius 2 is 2.00 bits per heavy atom. The van der Waals surface area contributed by atoms with E-state index in [1.807, 2.05) is 13.8 Å². The minimum Gasteiger partial charge on any atom is -0.486 e. The Balaban J connectivity index is 2.01. The quantitative estimate of drug-likeness (QED) is 0.862. The van der Waals surface area contributed by atoms with Crippen LogP contribution in [0.3, 0.4) is 0 Å². The molecule has 1 aromatic rings. The van der Waals surface area contributed by atoms with Gasteiger partial charge < -0.3 is 20.1 Å². The molecule has 7 heteroatoms. The second-order valence-electron chi connectivity index (χ2n) is 5.85. The van der Waals surface area contributed by atoms with Gasteiger partial charge in [-0.3, -0.25) is 4.79 Å². The summed E-state index contributed by atoms with van der Waals surface area (Å²) in [4.78, 5) is 12.1. The van der Waals surface area contributed by atoms with Crippen molar-refractivity contribution in [3.63, 3.8) is 0 Å². The number of carbonyl (C=O) groups is 1. The number of carbonyl (C=O) groups excluding carboxylic acids is 1. The van der Waals surface area contributed by atoms with E-state index in [1.54, 1.807) is 19.1 Å². The van der Waals surface area contributed by atoms with Crippen molar-refractivity contribution < 1.29 is 14.3 Å². The zero-order valence-electron chi connectivity index (χ0n) is 13.4. The number of ether oxygens (including phenoxy) is 2. The van der Waals surface area contributed by atoms with Crippen LogP contribution in [0.4, 0.5) is 5.69 Å². The molecule has 0 radical (unpaired) electrons. The van der Waals surface area contributed by atoms with E-state index < -0.39 is 5.54 Å². The molecule has 0 bridgehead atoms. The minimum absolute atomic E-state index is 0.00333. The maximum atomic E-state index is 12.1. The van der Waals surface area contributed by atoms with E-state index in [0.717, 1.165) is 0 Å². The highest BCUT2D eigenvalue weighted by Crippen LogP contribution is 2.37. The lowest BCUT2D eigenvalue weighted by Crippen LogP contribution is -2.50. The van der Waals surface area contributed by atoms with Crippen molar-refractivity contribution in [3.8, 4) is 17.6 Å². The number of nitrogens with one attached hydrogen (secondary N) is 2. The number of halogens is 1. The van der Waals surface area contributed by atoms with Crippen molar-refractivity contribution in [2.45, 2.75) is 26.3 Å². The van der Waals surface area contributed by atoms with E-state index in [2.05, 4.69) is 16.7 Å². The summed E-state index contributed by atoms with van der Waals surface area (Å²) in [6.45, 7) is 6.43. The smallest absolute Gasteiger partial charge is 0.240 e. The topological polar surface area (TPSA) is 83.4 Å². The zero-order valence-corrected chi connectivity index (χ0v) is 14.2. The van der Waals surface area contributed by atoms with Gasteiger partial charge in [-0.2, -0.15) is 5.26 Å². The summed E-state index contributed by atoms with van der Waals surface area (Å²) in [5.74, 6) is 0.892. The second kappa shape index (κ2) is 6.97. The molecule has 2 rings (SSSR count). The largest absolute Gasteiger partial charge is 0.486 e. The molecule has 0 saturated heterocycles. The van der Waals surface area contributed by atoms with Crippen LogP contribution in [0.25, 0.3) is 0 Å². The van der Waals surface area contributed by atoms with Crippen LogP contribution < -0.4 is 20.1 Å². The number of benzene rings is 1. The standard InChI is InChI=1S/C16H20ClN3O3/c1-10(2)16(3,9-18)20-15(21)8-19-12-7-14-13(6-11(12)17)22-4-5-23-14/h6-7,10,19H,4-5,8H2,1-3H3,(H,20,21)/t16-/m0/s1. The van der Waals surface area contributed by atoms with E-state index in [9.17, 15) is 10.1 Å². The van der Waals surface area contributed by atoms with Crippen LogP contribution in [0, 0.1) is 17.2 Å². The normalized spacial score (nSPS) is 15.5. The predicted molar refractivity (Wildman–Crippen MR) is 87.9 cm³/mol. The van der Waals surface area contributed by atoms with Gasteiger partial charge in [0.2, 0.25) is 5.91 Å². The van der Waals surface area contributed by atoms with Crippen LogP contribution in [0.1, 0.15) is 20.8 Å². The molecule has 124 valence electrons. The van der Waals surface area contributed by atoms with Gasteiger partial charge in [-0.25, -0.2) is 0 Å². The average Bonchev–Trinajstić information content (AvgIpc) is 2.52. The van der Waals surface area contributed by atoms with Crippen LogP contribution in [0.2, 0.25) is 5.02 Å². The first-order valence-corrected chi connectivity index (χ1v) is 7.79. The van der Waals surface area contributed by atoms with Crippen molar-refractivity contribution in [2.24, 2.45) is 5.92 Å². The second-order valence-corrected chi connectivity index (χ2v) is 6.25. The highest BCUT2D eigenvalue weighted by molar-refractivity contribution is 6.33. The Hall–Kier alpha value is -2.13. The van der Waals surface area contributed by atoms with Crippen molar-refractivity contribution in [3.05, 3.63) is 17.2 Å². The van der Waals surface area contributed by atoms with Gasteiger partial charge in [-0.15, -0.1) is 0 Å². The fourth-order valence-corrected chi connectivity index (χ4v) is 2.23. The molecule has 2 N–H and O–H groups in total. The molecule has 1 amide bonds. The number of nitrogens with zero attached hydrogens (tertiary/aromatic N) is 1. The Kier molecular flexibility index (Phi) is 5.22. The number of fused-ring (bicyclic) bond motifs is 1. The number of hydrogen-bond acceptors (Lipinski definition) is 5. The lowest BCUT2D eigenvalue weighted by atomic mass is 9.90. The molecular weight excluding hydrogens is 318 g/mol. The fraction of sp³-hybridized carbons (Fsp3) is 0.500. The third kappa shape index (κ3) is 3.99. The Morgan fingerprint density at radius 3 is 2.57 bits per heavy atom. The molecule has 1 heterocycles. The molecule has 0 saturated carbocycles. The lowest BCUT2D eigenvalue weighted by Gasteiger charge is -2.27. The molecule has 1 aliphatic heterocycles. The summed E-state index contributed by atoms with van der Waals surface area (Å²) in [5.41, 5.74) is -0.329. The highest BCUT2D eigenvalue weighted by Gasteiger charge is 2.29. The lowest BCUT2D eigenvalue weighted by molar-refractivity contribution is -0.121. The average molecular weight is 338 g/mol. The third-order valence-corrected chi connectivity index (χ3v) is 4.17. The van der Waals surface area contributed by atoms with Crippen molar-refractivity contribution >= 4 is 23.2 Å². The molecule has 1 aliphatic rings.